The largest absolute Gasteiger partial charge is 0.381 e. The Hall–Kier alpha value is -2.70. The molecule has 0 spiro atoms. The van der Waals surface area contributed by atoms with Crippen LogP contribution in [0.3, 0.4) is 0 Å². The molecular formula is C30H39N5O. The number of nitrogens with one attached hydrogen (secondary N) is 2. The molecule has 0 unspecified atom stereocenters. The number of H-pyrrole nitrogens is 1. The third kappa shape index (κ3) is 4.35. The molecule has 0 bridgehead atoms. The fraction of sp³-hybridized carbons (Fsp3) is 0.533. The number of nitrogens with zero attached hydrogens (tertiary/aromatic N) is 3. The summed E-state index contributed by atoms with van der Waals surface area (Å²) in [5.41, 5.74) is 8.32. The van der Waals surface area contributed by atoms with E-state index in [2.05, 4.69) is 65.0 Å². The lowest BCUT2D eigenvalue weighted by Crippen LogP contribution is -2.43. The maximum absolute atomic E-state index is 5.53. The minimum absolute atomic E-state index is 0.368. The summed E-state index contributed by atoms with van der Waals surface area (Å²) in [6, 6.07) is 10.0. The van der Waals surface area contributed by atoms with Crippen LogP contribution < -0.4 is 5.32 Å². The van der Waals surface area contributed by atoms with E-state index in [0.29, 0.717) is 23.9 Å². The van der Waals surface area contributed by atoms with Crippen molar-refractivity contribution in [3.8, 4) is 11.3 Å². The first-order chi connectivity index (χ1) is 17.6. The van der Waals surface area contributed by atoms with Crippen molar-refractivity contribution in [2.75, 3.05) is 13.2 Å². The predicted molar refractivity (Wildman–Crippen MR) is 147 cm³/mol. The van der Waals surface area contributed by atoms with Gasteiger partial charge in [-0.25, -0.2) is 4.98 Å². The zero-order valence-corrected chi connectivity index (χ0v) is 21.9. The van der Waals surface area contributed by atoms with Gasteiger partial charge in [-0.2, -0.15) is 0 Å². The number of aromatic amines is 1. The van der Waals surface area contributed by atoms with Gasteiger partial charge in [0.1, 0.15) is 5.65 Å². The van der Waals surface area contributed by atoms with Crippen molar-refractivity contribution in [2.24, 2.45) is 0 Å². The number of rotatable bonds is 6. The summed E-state index contributed by atoms with van der Waals surface area (Å²) >= 11 is 0. The molecule has 0 atom stereocenters. The van der Waals surface area contributed by atoms with Gasteiger partial charge in [-0.15, -0.1) is 0 Å². The van der Waals surface area contributed by atoms with Crippen molar-refractivity contribution in [1.29, 1.82) is 0 Å². The molecule has 1 aliphatic heterocycles. The summed E-state index contributed by atoms with van der Waals surface area (Å²) in [5.74, 6) is 0.916. The highest BCUT2D eigenvalue weighted by atomic mass is 16.5. The van der Waals surface area contributed by atoms with Gasteiger partial charge in [-0.3, -0.25) is 4.98 Å². The molecule has 0 aromatic carbocycles. The Morgan fingerprint density at radius 3 is 2.58 bits per heavy atom. The number of ether oxygens (including phenoxy) is 1. The third-order valence-corrected chi connectivity index (χ3v) is 8.36. The zero-order chi connectivity index (χ0) is 24.6. The average molecular weight is 486 g/mol. The van der Waals surface area contributed by atoms with E-state index in [-0.39, 0.29) is 0 Å². The molecule has 190 valence electrons. The topological polar surface area (TPSA) is 67.8 Å². The highest BCUT2D eigenvalue weighted by Crippen LogP contribution is 2.40. The number of aromatic nitrogens is 4. The SMILES string of the molecule is CCn1cc(-c2[nH]c3ccc(C4CCC(NC5CCOCC5)CC4)nc3c2C(C)C)c2cccnc21. The van der Waals surface area contributed by atoms with E-state index in [9.17, 15) is 0 Å². The van der Waals surface area contributed by atoms with Crippen molar-refractivity contribution in [3.05, 3.63) is 47.9 Å². The normalized spacial score (nSPS) is 21.7. The molecule has 1 saturated carbocycles. The van der Waals surface area contributed by atoms with E-state index in [1.54, 1.807) is 0 Å². The summed E-state index contributed by atoms with van der Waals surface area (Å²) in [5, 5.41) is 5.11. The van der Waals surface area contributed by atoms with Gasteiger partial charge >= 0.3 is 0 Å². The summed E-state index contributed by atoms with van der Waals surface area (Å²) in [6.45, 7) is 9.45. The fourth-order valence-electron chi connectivity index (χ4n) is 6.42. The van der Waals surface area contributed by atoms with Gasteiger partial charge in [-0.05, 0) is 75.6 Å². The molecule has 6 rings (SSSR count). The van der Waals surface area contributed by atoms with Gasteiger partial charge < -0.3 is 19.6 Å². The molecule has 0 amide bonds. The van der Waals surface area contributed by atoms with Crippen LogP contribution >= 0.6 is 0 Å². The second kappa shape index (κ2) is 9.98. The van der Waals surface area contributed by atoms with Gasteiger partial charge in [0.25, 0.3) is 0 Å². The van der Waals surface area contributed by atoms with E-state index in [4.69, 9.17) is 9.72 Å². The van der Waals surface area contributed by atoms with Crippen LogP contribution in [-0.4, -0.2) is 44.8 Å². The number of fused-ring (bicyclic) bond motifs is 2. The molecule has 4 aromatic heterocycles. The summed E-state index contributed by atoms with van der Waals surface area (Å²) < 4.78 is 7.77. The van der Waals surface area contributed by atoms with Crippen LogP contribution in [-0.2, 0) is 11.3 Å². The fourth-order valence-corrected chi connectivity index (χ4v) is 6.42. The lowest BCUT2D eigenvalue weighted by atomic mass is 9.83. The summed E-state index contributed by atoms with van der Waals surface area (Å²) in [7, 11) is 0. The van der Waals surface area contributed by atoms with Crippen LogP contribution in [0, 0.1) is 0 Å². The van der Waals surface area contributed by atoms with Crippen molar-refractivity contribution < 1.29 is 4.74 Å². The first-order valence-electron chi connectivity index (χ1n) is 13.9. The molecule has 4 aromatic rings. The van der Waals surface area contributed by atoms with E-state index in [1.807, 2.05) is 12.3 Å². The van der Waals surface area contributed by atoms with Crippen LogP contribution in [0.25, 0.3) is 33.3 Å². The van der Waals surface area contributed by atoms with E-state index >= 15 is 0 Å². The van der Waals surface area contributed by atoms with E-state index < -0.39 is 0 Å². The maximum Gasteiger partial charge on any atom is 0.140 e. The lowest BCUT2D eigenvalue weighted by Gasteiger charge is -2.33. The number of pyridine rings is 2. The van der Waals surface area contributed by atoms with Crippen molar-refractivity contribution in [1.82, 2.24) is 24.8 Å². The number of aryl methyl sites for hydroxylation is 1. The van der Waals surface area contributed by atoms with E-state index in [0.717, 1.165) is 49.3 Å². The standard InChI is InChI=1S/C30H39N5O/c1-4-35-18-24(23-6-5-15-31-30(23)35)28-27(19(2)3)29-26(34-28)12-11-25(33-29)20-7-9-21(10-8-20)32-22-13-16-36-17-14-22/h5-6,11-12,15,18-22,32,34H,4,7-10,13-14,16-17H2,1-3H3. The van der Waals surface area contributed by atoms with E-state index in [1.165, 1.54) is 53.6 Å². The van der Waals surface area contributed by atoms with Crippen molar-refractivity contribution in [3.63, 3.8) is 0 Å². The Labute approximate surface area is 213 Å². The Morgan fingerprint density at radius 2 is 1.83 bits per heavy atom. The minimum atomic E-state index is 0.368. The second-order valence-electron chi connectivity index (χ2n) is 11.0. The molecule has 36 heavy (non-hydrogen) atoms. The zero-order valence-electron chi connectivity index (χ0n) is 21.9. The Morgan fingerprint density at radius 1 is 1.06 bits per heavy atom. The maximum atomic E-state index is 5.53. The molecule has 6 nitrogen and oxygen atoms in total. The molecule has 5 heterocycles. The Bertz CT molecular complexity index is 1340. The van der Waals surface area contributed by atoms with Crippen molar-refractivity contribution in [2.45, 2.75) is 89.8 Å². The van der Waals surface area contributed by atoms with Gasteiger partial charge in [-0.1, -0.05) is 13.8 Å². The van der Waals surface area contributed by atoms with Crippen molar-refractivity contribution >= 4 is 22.1 Å². The van der Waals surface area contributed by atoms with Gasteiger partial charge in [0.05, 0.1) is 16.7 Å². The quantitative estimate of drug-likeness (QED) is 0.326. The first-order valence-corrected chi connectivity index (χ1v) is 13.9. The molecular weight excluding hydrogens is 446 g/mol. The van der Waals surface area contributed by atoms with Gasteiger partial charge in [0.2, 0.25) is 0 Å². The molecule has 1 saturated heterocycles. The van der Waals surface area contributed by atoms with Crippen LogP contribution in [0.4, 0.5) is 0 Å². The molecule has 6 heteroatoms. The molecule has 2 N–H and O–H groups in total. The van der Waals surface area contributed by atoms with Gasteiger partial charge in [0, 0.05) is 72.4 Å². The van der Waals surface area contributed by atoms with Crippen LogP contribution in [0.5, 0.6) is 0 Å². The highest BCUT2D eigenvalue weighted by molar-refractivity contribution is 5.98. The predicted octanol–water partition coefficient (Wildman–Crippen LogP) is 6.52. The molecule has 2 fully saturated rings. The van der Waals surface area contributed by atoms with Crippen LogP contribution in [0.1, 0.15) is 82.4 Å². The molecule has 2 aliphatic rings. The third-order valence-electron chi connectivity index (χ3n) is 8.36. The molecule has 0 radical (unpaired) electrons. The number of hydrogen-bond acceptors (Lipinski definition) is 4. The highest BCUT2D eigenvalue weighted by Gasteiger charge is 2.27. The number of hydrogen-bond donors (Lipinski definition) is 2. The summed E-state index contributed by atoms with van der Waals surface area (Å²) in [4.78, 5) is 13.7. The molecule has 1 aliphatic carbocycles. The Kier molecular flexibility index (Phi) is 6.57. The minimum Gasteiger partial charge on any atom is -0.381 e. The monoisotopic (exact) mass is 485 g/mol. The lowest BCUT2D eigenvalue weighted by molar-refractivity contribution is 0.0729. The van der Waals surface area contributed by atoms with Crippen LogP contribution in [0.2, 0.25) is 0 Å². The second-order valence-corrected chi connectivity index (χ2v) is 11.0. The Balaban J connectivity index is 1.29. The summed E-state index contributed by atoms with van der Waals surface area (Å²) in [6.07, 6.45) is 11.3. The van der Waals surface area contributed by atoms with Gasteiger partial charge in [0.15, 0.2) is 0 Å². The first kappa shape index (κ1) is 23.7. The van der Waals surface area contributed by atoms with Crippen LogP contribution in [0.15, 0.2) is 36.7 Å². The smallest absolute Gasteiger partial charge is 0.140 e. The average Bonchev–Trinajstić information content (AvgIpc) is 3.48.